The monoisotopic (exact) mass is 436 g/mol. The number of fused-ring (bicyclic) bond motifs is 1. The summed E-state index contributed by atoms with van der Waals surface area (Å²) in [5.74, 6) is -2.83. The number of aromatic nitrogens is 1. The predicted octanol–water partition coefficient (Wildman–Crippen LogP) is 3.48. The van der Waals surface area contributed by atoms with E-state index in [0.717, 1.165) is 12.1 Å². The molecule has 0 aliphatic heterocycles. The molecule has 3 rings (SSSR count). The fourth-order valence-electron chi connectivity index (χ4n) is 3.27. The van der Waals surface area contributed by atoms with E-state index in [0.29, 0.717) is 16.2 Å². The summed E-state index contributed by atoms with van der Waals surface area (Å²) in [5, 5.41) is 11.7. The van der Waals surface area contributed by atoms with E-state index in [1.807, 2.05) is 0 Å². The van der Waals surface area contributed by atoms with E-state index in [-0.39, 0.29) is 23.0 Å². The lowest BCUT2D eigenvalue weighted by Crippen LogP contribution is -2.35. The highest BCUT2D eigenvalue weighted by Crippen LogP contribution is 2.32. The molecule has 0 saturated heterocycles. The topological polar surface area (TPSA) is 88.4 Å². The number of carboxylic acids is 1. The number of nitrogens with zero attached hydrogens (tertiary/aromatic N) is 1. The summed E-state index contributed by atoms with van der Waals surface area (Å²) in [6.45, 7) is 0.347. The minimum absolute atomic E-state index is 0.104. The van der Waals surface area contributed by atoms with E-state index in [1.165, 1.54) is 25.1 Å². The van der Waals surface area contributed by atoms with Gasteiger partial charge in [0.2, 0.25) is 0 Å². The van der Waals surface area contributed by atoms with Gasteiger partial charge in [0.15, 0.2) is 0 Å². The van der Waals surface area contributed by atoms with Crippen molar-refractivity contribution in [2.75, 3.05) is 0 Å². The second-order valence-electron chi connectivity index (χ2n) is 6.83. The van der Waals surface area contributed by atoms with Crippen molar-refractivity contribution in [2.45, 2.75) is 26.2 Å². The van der Waals surface area contributed by atoms with Gasteiger partial charge < -0.3 is 10.4 Å². The molecule has 2 aromatic carbocycles. The average Bonchev–Trinajstić information content (AvgIpc) is 2.68. The van der Waals surface area contributed by atoms with E-state index in [4.69, 9.17) is 5.11 Å². The normalized spacial score (nSPS) is 11.5. The van der Waals surface area contributed by atoms with Gasteiger partial charge in [-0.3, -0.25) is 19.0 Å². The Kier molecular flexibility index (Phi) is 5.83. The van der Waals surface area contributed by atoms with Crippen LogP contribution in [0.25, 0.3) is 10.9 Å². The average molecular weight is 436 g/mol. The van der Waals surface area contributed by atoms with Crippen LogP contribution in [0, 0.1) is 12.7 Å². The lowest BCUT2D eigenvalue weighted by atomic mass is 10.0. The molecule has 0 radical (unpaired) electrons. The maximum atomic E-state index is 13.3. The number of aliphatic carboxylic acids is 1. The van der Waals surface area contributed by atoms with Crippen LogP contribution in [-0.2, 0) is 24.1 Å². The Hall–Kier alpha value is -3.69. The van der Waals surface area contributed by atoms with Crippen molar-refractivity contribution in [2.24, 2.45) is 0 Å². The van der Waals surface area contributed by atoms with Crippen LogP contribution in [0.1, 0.15) is 27.0 Å². The van der Waals surface area contributed by atoms with Gasteiger partial charge in [0.25, 0.3) is 11.5 Å². The molecule has 1 aromatic heterocycles. The Balaban J connectivity index is 2.12. The van der Waals surface area contributed by atoms with Gasteiger partial charge in [0.05, 0.1) is 11.1 Å². The standard InChI is InChI=1S/C21H16F4N2O4/c1-11-15-6-5-13(21(23,24)25)8-16(15)27(10-17(28)29)20(31)18(11)19(30)26-9-12-3-2-4-14(22)7-12/h2-8H,9-10H2,1H3,(H,26,30)(H,28,29). The number of carboxylic acid groups (broad SMARTS) is 1. The van der Waals surface area contributed by atoms with Crippen molar-refractivity contribution in [3.63, 3.8) is 0 Å². The third kappa shape index (κ3) is 4.57. The first-order valence-corrected chi connectivity index (χ1v) is 8.98. The highest BCUT2D eigenvalue weighted by molar-refractivity contribution is 6.00. The van der Waals surface area contributed by atoms with Crippen molar-refractivity contribution in [1.82, 2.24) is 9.88 Å². The SMILES string of the molecule is Cc1c(C(=O)NCc2cccc(F)c2)c(=O)n(CC(=O)O)c2cc(C(F)(F)F)ccc12. The molecule has 0 spiro atoms. The highest BCUT2D eigenvalue weighted by Gasteiger charge is 2.31. The Bertz CT molecular complexity index is 1250. The third-order valence-electron chi connectivity index (χ3n) is 4.72. The molecule has 1 heterocycles. The molecule has 0 aliphatic rings. The van der Waals surface area contributed by atoms with Crippen LogP contribution >= 0.6 is 0 Å². The maximum Gasteiger partial charge on any atom is 0.416 e. The number of hydrogen-bond donors (Lipinski definition) is 2. The number of halogens is 4. The molecular formula is C21H16F4N2O4. The van der Waals surface area contributed by atoms with E-state index in [1.54, 1.807) is 6.07 Å². The molecule has 3 aromatic rings. The van der Waals surface area contributed by atoms with Gasteiger partial charge in [-0.25, -0.2) is 4.39 Å². The molecule has 2 N–H and O–H groups in total. The first-order chi connectivity index (χ1) is 14.5. The molecule has 162 valence electrons. The van der Waals surface area contributed by atoms with Gasteiger partial charge in [-0.05, 0) is 42.3 Å². The molecular weight excluding hydrogens is 420 g/mol. The first-order valence-electron chi connectivity index (χ1n) is 8.98. The van der Waals surface area contributed by atoms with Crippen LogP contribution in [0.5, 0.6) is 0 Å². The molecule has 0 atom stereocenters. The molecule has 6 nitrogen and oxygen atoms in total. The van der Waals surface area contributed by atoms with Crippen LogP contribution in [-0.4, -0.2) is 21.6 Å². The summed E-state index contributed by atoms with van der Waals surface area (Å²) in [6.07, 6.45) is -4.70. The van der Waals surface area contributed by atoms with Gasteiger partial charge in [0.1, 0.15) is 17.9 Å². The van der Waals surface area contributed by atoms with E-state index < -0.39 is 47.1 Å². The van der Waals surface area contributed by atoms with E-state index >= 15 is 0 Å². The van der Waals surface area contributed by atoms with Crippen molar-refractivity contribution in [3.8, 4) is 0 Å². The fourth-order valence-corrected chi connectivity index (χ4v) is 3.27. The van der Waals surface area contributed by atoms with Gasteiger partial charge in [-0.1, -0.05) is 18.2 Å². The number of aryl methyl sites for hydroxylation is 1. The number of nitrogens with one attached hydrogen (secondary N) is 1. The lowest BCUT2D eigenvalue weighted by Gasteiger charge is -2.16. The quantitative estimate of drug-likeness (QED) is 0.600. The summed E-state index contributed by atoms with van der Waals surface area (Å²) in [5.41, 5.74) is -2.21. The van der Waals surface area contributed by atoms with Gasteiger partial charge in [-0.15, -0.1) is 0 Å². The van der Waals surface area contributed by atoms with Crippen LogP contribution in [0.2, 0.25) is 0 Å². The maximum absolute atomic E-state index is 13.3. The third-order valence-corrected chi connectivity index (χ3v) is 4.72. The summed E-state index contributed by atoms with van der Waals surface area (Å²) < 4.78 is 53.3. The van der Waals surface area contributed by atoms with Crippen LogP contribution < -0.4 is 10.9 Å². The van der Waals surface area contributed by atoms with Crippen LogP contribution in [0.3, 0.4) is 0 Å². The number of carbonyl (C=O) groups excluding carboxylic acids is 1. The van der Waals surface area contributed by atoms with Crippen molar-refractivity contribution < 1.29 is 32.3 Å². The summed E-state index contributed by atoms with van der Waals surface area (Å²) in [6, 6.07) is 7.97. The number of hydrogen-bond acceptors (Lipinski definition) is 3. The van der Waals surface area contributed by atoms with Crippen LogP contribution in [0.4, 0.5) is 17.6 Å². The Morgan fingerprint density at radius 3 is 2.45 bits per heavy atom. The summed E-state index contributed by atoms with van der Waals surface area (Å²) in [4.78, 5) is 36.8. The lowest BCUT2D eigenvalue weighted by molar-refractivity contribution is -0.138. The first kappa shape index (κ1) is 22.0. The molecule has 0 aliphatic carbocycles. The molecule has 0 unspecified atom stereocenters. The minimum atomic E-state index is -4.70. The van der Waals surface area contributed by atoms with Crippen molar-refractivity contribution >= 4 is 22.8 Å². The van der Waals surface area contributed by atoms with Gasteiger partial charge in [-0.2, -0.15) is 13.2 Å². The largest absolute Gasteiger partial charge is 0.480 e. The summed E-state index contributed by atoms with van der Waals surface area (Å²) in [7, 11) is 0. The molecule has 31 heavy (non-hydrogen) atoms. The number of amides is 1. The van der Waals surface area contributed by atoms with Gasteiger partial charge >= 0.3 is 12.1 Å². The second-order valence-corrected chi connectivity index (χ2v) is 6.83. The molecule has 0 fully saturated rings. The number of carbonyl (C=O) groups is 2. The minimum Gasteiger partial charge on any atom is -0.480 e. The molecule has 0 saturated carbocycles. The van der Waals surface area contributed by atoms with E-state index in [2.05, 4.69) is 5.32 Å². The Morgan fingerprint density at radius 1 is 1.13 bits per heavy atom. The summed E-state index contributed by atoms with van der Waals surface area (Å²) >= 11 is 0. The molecule has 1 amide bonds. The Morgan fingerprint density at radius 2 is 1.84 bits per heavy atom. The molecule has 10 heteroatoms. The zero-order valence-corrected chi connectivity index (χ0v) is 16.1. The van der Waals surface area contributed by atoms with Crippen molar-refractivity contribution in [1.29, 1.82) is 0 Å². The highest BCUT2D eigenvalue weighted by atomic mass is 19.4. The number of rotatable bonds is 5. The number of benzene rings is 2. The predicted molar refractivity (Wildman–Crippen MR) is 103 cm³/mol. The zero-order valence-electron chi connectivity index (χ0n) is 16.1. The van der Waals surface area contributed by atoms with E-state index in [9.17, 15) is 31.9 Å². The van der Waals surface area contributed by atoms with Crippen LogP contribution in [0.15, 0.2) is 47.3 Å². The second kappa shape index (κ2) is 8.21. The van der Waals surface area contributed by atoms with Crippen molar-refractivity contribution in [3.05, 3.63) is 80.9 Å². The zero-order chi connectivity index (χ0) is 22.9. The number of pyridine rings is 1. The van der Waals surface area contributed by atoms with Gasteiger partial charge in [0, 0.05) is 11.9 Å². The fraction of sp³-hybridized carbons (Fsp3) is 0.190. The Labute approximate surface area is 172 Å². The number of alkyl halides is 3. The molecule has 0 bridgehead atoms. The smallest absolute Gasteiger partial charge is 0.416 e.